The Morgan fingerprint density at radius 1 is 1.11 bits per heavy atom. The van der Waals surface area contributed by atoms with Crippen molar-refractivity contribution in [2.24, 2.45) is 0 Å². The van der Waals surface area contributed by atoms with E-state index in [0.717, 1.165) is 12.1 Å². The number of halogens is 3. The predicted molar refractivity (Wildman–Crippen MR) is 125 cm³/mol. The highest BCUT2D eigenvalue weighted by atomic mass is 35.5. The van der Waals surface area contributed by atoms with Crippen LogP contribution in [-0.2, 0) is 4.74 Å². The van der Waals surface area contributed by atoms with Crippen molar-refractivity contribution in [3.8, 4) is 0 Å². The average molecular weight is 511 g/mol. The summed E-state index contributed by atoms with van der Waals surface area (Å²) < 4.78 is 32.2. The normalized spacial score (nSPS) is 21.9. The lowest BCUT2D eigenvalue weighted by atomic mass is 9.91. The lowest BCUT2D eigenvalue weighted by Gasteiger charge is -2.29. The molecule has 3 amide bonds. The maximum atomic E-state index is 13.7. The van der Waals surface area contributed by atoms with E-state index in [1.807, 2.05) is 4.90 Å². The number of alkyl carbamates (subject to hydrolysis) is 1. The number of nitrogens with zero attached hydrogens (tertiary/aromatic N) is 2. The Morgan fingerprint density at radius 3 is 2.54 bits per heavy atom. The highest BCUT2D eigenvalue weighted by Crippen LogP contribution is 2.26. The fourth-order valence-electron chi connectivity index (χ4n) is 4.31. The van der Waals surface area contributed by atoms with Gasteiger partial charge in [0.2, 0.25) is 0 Å². The summed E-state index contributed by atoms with van der Waals surface area (Å²) in [6, 6.07) is 2.11. The van der Waals surface area contributed by atoms with E-state index < -0.39 is 29.3 Å². The summed E-state index contributed by atoms with van der Waals surface area (Å²) >= 11 is 6.05. The molecule has 188 valence electrons. The molecule has 35 heavy (non-hydrogen) atoms. The topological polar surface area (TPSA) is 128 Å². The minimum absolute atomic E-state index is 0.0481. The number of rotatable bonds is 5. The van der Waals surface area contributed by atoms with Crippen molar-refractivity contribution in [1.29, 1.82) is 0 Å². The number of urea groups is 1. The number of carbonyl (C=O) groups is 2. The Balaban J connectivity index is 1.17. The van der Waals surface area contributed by atoms with Crippen LogP contribution < -0.4 is 26.4 Å². The second-order valence-electron chi connectivity index (χ2n) is 8.58. The van der Waals surface area contributed by atoms with Crippen LogP contribution in [0.15, 0.2) is 29.2 Å². The van der Waals surface area contributed by atoms with Gasteiger partial charge in [-0.25, -0.2) is 23.5 Å². The summed E-state index contributed by atoms with van der Waals surface area (Å²) in [4.78, 5) is 38.0. The number of nitrogens with one attached hydrogen (secondary N) is 4. The highest BCUT2D eigenvalue weighted by Gasteiger charge is 2.29. The van der Waals surface area contributed by atoms with Gasteiger partial charge in [-0.3, -0.25) is 4.79 Å². The molecule has 0 unspecified atom stereocenters. The van der Waals surface area contributed by atoms with Crippen molar-refractivity contribution in [3.05, 3.63) is 51.4 Å². The molecule has 0 bridgehead atoms. The maximum absolute atomic E-state index is 13.7. The number of H-pyrrole nitrogens is 1. The molecule has 4 rings (SSSR count). The van der Waals surface area contributed by atoms with Gasteiger partial charge in [0.1, 0.15) is 22.8 Å². The van der Waals surface area contributed by atoms with Crippen LogP contribution in [0.5, 0.6) is 0 Å². The lowest BCUT2D eigenvalue weighted by Crippen LogP contribution is -2.45. The summed E-state index contributed by atoms with van der Waals surface area (Å²) in [5, 5.41) is 14.1. The Kier molecular flexibility index (Phi) is 7.69. The highest BCUT2D eigenvalue weighted by molar-refractivity contribution is 6.33. The molecular weight excluding hydrogens is 486 g/mol. The van der Waals surface area contributed by atoms with Gasteiger partial charge in [0.15, 0.2) is 0 Å². The SMILES string of the molecule is O=C(Nc1ccc(F)cc1F)N[C@H]1CC[C@H](NC(=O)O[C@@H]2CCN(c3cn[nH]c(=O)c3Cl)C2)CC1. The summed E-state index contributed by atoms with van der Waals surface area (Å²) in [7, 11) is 0. The summed E-state index contributed by atoms with van der Waals surface area (Å²) in [5.74, 6) is -1.58. The third-order valence-corrected chi connectivity index (χ3v) is 6.47. The monoisotopic (exact) mass is 510 g/mol. The van der Waals surface area contributed by atoms with Gasteiger partial charge >= 0.3 is 12.1 Å². The van der Waals surface area contributed by atoms with E-state index in [0.29, 0.717) is 56.9 Å². The molecule has 2 aromatic rings. The zero-order valence-electron chi connectivity index (χ0n) is 18.7. The predicted octanol–water partition coefficient (Wildman–Crippen LogP) is 3.14. The van der Waals surface area contributed by atoms with E-state index in [9.17, 15) is 23.2 Å². The third kappa shape index (κ3) is 6.38. The van der Waals surface area contributed by atoms with Crippen LogP contribution in [-0.4, -0.2) is 53.6 Å². The first-order valence-corrected chi connectivity index (χ1v) is 11.6. The van der Waals surface area contributed by atoms with Gasteiger partial charge in [-0.15, -0.1) is 0 Å². The third-order valence-electron chi connectivity index (χ3n) is 6.10. The van der Waals surface area contributed by atoms with E-state index in [-0.39, 0.29) is 28.9 Å². The standard InChI is InChI=1S/C22H25ClF2N6O4/c23-19-18(10-26-30-20(19)32)31-8-7-15(11-31)35-22(34)28-14-4-2-13(3-5-14)27-21(33)29-17-6-1-12(24)9-16(17)25/h1,6,9-10,13-15H,2-5,7-8,11H2,(H,28,34)(H,30,32)(H2,27,29,33)/t13-,14-,15-/m1/s1. The number of benzene rings is 1. The molecule has 4 N–H and O–H groups in total. The lowest BCUT2D eigenvalue weighted by molar-refractivity contribution is 0.102. The van der Waals surface area contributed by atoms with Crippen molar-refractivity contribution in [1.82, 2.24) is 20.8 Å². The fourth-order valence-corrected chi connectivity index (χ4v) is 4.52. The number of anilines is 2. The Labute approximate surface area is 204 Å². The Bertz CT molecular complexity index is 1140. The number of hydrogen-bond acceptors (Lipinski definition) is 6. The van der Waals surface area contributed by atoms with Crippen LogP contribution in [0.3, 0.4) is 0 Å². The van der Waals surface area contributed by atoms with Crippen molar-refractivity contribution in [2.45, 2.75) is 50.3 Å². The number of carbonyl (C=O) groups excluding carboxylic acids is 2. The molecule has 1 atom stereocenters. The second kappa shape index (κ2) is 10.9. The average Bonchev–Trinajstić information content (AvgIpc) is 3.27. The molecule has 1 saturated carbocycles. The van der Waals surface area contributed by atoms with E-state index in [1.54, 1.807) is 0 Å². The van der Waals surface area contributed by atoms with E-state index >= 15 is 0 Å². The van der Waals surface area contributed by atoms with Gasteiger partial charge in [-0.05, 0) is 37.8 Å². The van der Waals surface area contributed by atoms with E-state index in [2.05, 4.69) is 26.1 Å². The van der Waals surface area contributed by atoms with Crippen molar-refractivity contribution < 1.29 is 23.1 Å². The molecule has 1 saturated heterocycles. The van der Waals surface area contributed by atoms with Crippen LogP contribution in [0, 0.1) is 11.6 Å². The smallest absolute Gasteiger partial charge is 0.407 e. The molecule has 13 heteroatoms. The number of amides is 3. The molecular formula is C22H25ClF2N6O4. The maximum Gasteiger partial charge on any atom is 0.407 e. The molecule has 0 radical (unpaired) electrons. The van der Waals surface area contributed by atoms with Gasteiger partial charge in [0, 0.05) is 31.1 Å². The minimum atomic E-state index is -0.853. The van der Waals surface area contributed by atoms with Crippen LogP contribution in [0.1, 0.15) is 32.1 Å². The minimum Gasteiger partial charge on any atom is -0.444 e. The zero-order chi connectivity index (χ0) is 24.9. The number of ether oxygens (including phenoxy) is 1. The van der Waals surface area contributed by atoms with E-state index in [1.165, 1.54) is 6.20 Å². The molecule has 2 aliphatic rings. The molecule has 1 aromatic carbocycles. The number of aromatic nitrogens is 2. The second-order valence-corrected chi connectivity index (χ2v) is 8.95. The molecule has 10 nitrogen and oxygen atoms in total. The van der Waals surface area contributed by atoms with E-state index in [4.69, 9.17) is 16.3 Å². The van der Waals surface area contributed by atoms with Crippen LogP contribution >= 0.6 is 11.6 Å². The van der Waals surface area contributed by atoms with Crippen LogP contribution in [0.25, 0.3) is 0 Å². The largest absolute Gasteiger partial charge is 0.444 e. The summed E-state index contributed by atoms with van der Waals surface area (Å²) in [5.41, 5.74) is -0.0829. The molecule has 2 heterocycles. The Hall–Kier alpha value is -3.41. The fraction of sp³-hybridized carbons (Fsp3) is 0.455. The molecule has 0 spiro atoms. The number of aromatic amines is 1. The molecule has 1 aliphatic heterocycles. The quantitative estimate of drug-likeness (QED) is 0.489. The molecule has 1 aromatic heterocycles. The van der Waals surface area contributed by atoms with Gasteiger partial charge in [0.25, 0.3) is 5.56 Å². The van der Waals surface area contributed by atoms with Crippen molar-refractivity contribution >= 4 is 35.1 Å². The first-order chi connectivity index (χ1) is 16.8. The van der Waals surface area contributed by atoms with Crippen molar-refractivity contribution in [2.75, 3.05) is 23.3 Å². The molecule has 1 aliphatic carbocycles. The van der Waals surface area contributed by atoms with Crippen LogP contribution in [0.2, 0.25) is 5.02 Å². The van der Waals surface area contributed by atoms with Gasteiger partial charge < -0.3 is 25.6 Å². The van der Waals surface area contributed by atoms with Gasteiger partial charge in [0.05, 0.1) is 24.1 Å². The van der Waals surface area contributed by atoms with Gasteiger partial charge in [-0.2, -0.15) is 5.10 Å². The Morgan fingerprint density at radius 2 is 1.83 bits per heavy atom. The summed E-state index contributed by atoms with van der Waals surface area (Å²) in [6.45, 7) is 0.974. The zero-order valence-corrected chi connectivity index (χ0v) is 19.4. The first-order valence-electron chi connectivity index (χ1n) is 11.3. The first kappa shape index (κ1) is 24.7. The van der Waals surface area contributed by atoms with Gasteiger partial charge in [-0.1, -0.05) is 11.6 Å². The molecule has 2 fully saturated rings. The van der Waals surface area contributed by atoms with Crippen molar-refractivity contribution in [3.63, 3.8) is 0 Å². The number of hydrogen-bond donors (Lipinski definition) is 4. The summed E-state index contributed by atoms with van der Waals surface area (Å²) in [6.07, 6.45) is 3.70. The van der Waals surface area contributed by atoms with Crippen LogP contribution in [0.4, 0.5) is 29.7 Å².